The maximum absolute atomic E-state index is 12.7. The highest BCUT2D eigenvalue weighted by Gasteiger charge is 2.16. The fourth-order valence-electron chi connectivity index (χ4n) is 2.18. The molecule has 0 unspecified atom stereocenters. The zero-order valence-corrected chi connectivity index (χ0v) is 12.9. The van der Waals surface area contributed by atoms with Gasteiger partial charge in [0.05, 0.1) is 4.88 Å². The Balaban J connectivity index is 2.47. The molecule has 2 rings (SSSR count). The molecule has 0 saturated carbocycles. The highest BCUT2D eigenvalue weighted by Crippen LogP contribution is 2.25. The Hall–Kier alpha value is -1.41. The second kappa shape index (κ2) is 5.70. The minimum atomic E-state index is 0.174. The van der Waals surface area contributed by atoms with Crippen LogP contribution in [0.15, 0.2) is 24.3 Å². The molecule has 0 aliphatic rings. The second-order valence-electron chi connectivity index (χ2n) is 4.88. The van der Waals surface area contributed by atoms with E-state index in [9.17, 15) is 4.79 Å². The third-order valence-corrected chi connectivity index (χ3v) is 4.75. The van der Waals surface area contributed by atoms with Crippen LogP contribution in [0, 0.1) is 13.8 Å². The summed E-state index contributed by atoms with van der Waals surface area (Å²) in [6, 6.07) is 8.30. The Labute approximate surface area is 119 Å². The SMILES string of the molecule is CCc1ccc(CC)c(C(=O)c2cc(C)c(C)s2)c1. The molecule has 1 nitrogen and oxygen atoms in total. The number of hydrogen-bond acceptors (Lipinski definition) is 2. The van der Waals surface area contributed by atoms with Gasteiger partial charge in [0.2, 0.25) is 5.78 Å². The molecule has 1 heterocycles. The highest BCUT2D eigenvalue weighted by molar-refractivity contribution is 7.14. The normalized spacial score (nSPS) is 10.7. The molecule has 2 aromatic rings. The summed E-state index contributed by atoms with van der Waals surface area (Å²) in [6.07, 6.45) is 1.86. The van der Waals surface area contributed by atoms with E-state index in [0.717, 1.165) is 28.8 Å². The summed E-state index contributed by atoms with van der Waals surface area (Å²) in [4.78, 5) is 14.8. The van der Waals surface area contributed by atoms with Crippen LogP contribution in [0.5, 0.6) is 0 Å². The van der Waals surface area contributed by atoms with Crippen LogP contribution < -0.4 is 0 Å². The summed E-state index contributed by atoms with van der Waals surface area (Å²) in [5, 5.41) is 0. The van der Waals surface area contributed by atoms with E-state index in [-0.39, 0.29) is 5.78 Å². The number of thiophene rings is 1. The van der Waals surface area contributed by atoms with Crippen LogP contribution in [0.3, 0.4) is 0 Å². The molecule has 0 atom stereocenters. The van der Waals surface area contributed by atoms with E-state index >= 15 is 0 Å². The Morgan fingerprint density at radius 3 is 2.37 bits per heavy atom. The molecule has 0 fully saturated rings. The van der Waals surface area contributed by atoms with Gasteiger partial charge in [0.1, 0.15) is 0 Å². The van der Waals surface area contributed by atoms with Crippen LogP contribution in [0.1, 0.15) is 50.7 Å². The lowest BCUT2D eigenvalue weighted by molar-refractivity contribution is 0.104. The maximum Gasteiger partial charge on any atom is 0.203 e. The molecule has 0 aliphatic carbocycles. The smallest absolute Gasteiger partial charge is 0.203 e. The van der Waals surface area contributed by atoms with Gasteiger partial charge >= 0.3 is 0 Å². The summed E-state index contributed by atoms with van der Waals surface area (Å²) >= 11 is 1.60. The number of carbonyl (C=O) groups excluding carboxylic acids is 1. The lowest BCUT2D eigenvalue weighted by Gasteiger charge is -2.08. The summed E-state index contributed by atoms with van der Waals surface area (Å²) in [7, 11) is 0. The fraction of sp³-hybridized carbons (Fsp3) is 0.353. The first-order valence-corrected chi connectivity index (χ1v) is 7.62. The number of carbonyl (C=O) groups is 1. The molecule has 0 spiro atoms. The maximum atomic E-state index is 12.7. The van der Waals surface area contributed by atoms with Gasteiger partial charge in [0, 0.05) is 10.4 Å². The van der Waals surface area contributed by atoms with Crippen LogP contribution in [0.2, 0.25) is 0 Å². The Bertz CT molecular complexity index is 588. The number of rotatable bonds is 4. The van der Waals surface area contributed by atoms with Crippen molar-refractivity contribution in [3.63, 3.8) is 0 Å². The van der Waals surface area contributed by atoms with Gasteiger partial charge in [-0.05, 0) is 55.5 Å². The predicted molar refractivity (Wildman–Crippen MR) is 82.4 cm³/mol. The first kappa shape index (κ1) is 14.0. The Kier molecular flexibility index (Phi) is 4.20. The van der Waals surface area contributed by atoms with Crippen LogP contribution >= 0.6 is 11.3 Å². The van der Waals surface area contributed by atoms with Crippen molar-refractivity contribution in [2.75, 3.05) is 0 Å². The molecule has 100 valence electrons. The van der Waals surface area contributed by atoms with Crippen molar-refractivity contribution in [3.05, 3.63) is 56.3 Å². The third kappa shape index (κ3) is 2.79. The van der Waals surface area contributed by atoms with Gasteiger partial charge in [-0.25, -0.2) is 0 Å². The van der Waals surface area contributed by atoms with Crippen molar-refractivity contribution < 1.29 is 4.79 Å². The first-order chi connectivity index (χ1) is 9.06. The quantitative estimate of drug-likeness (QED) is 0.736. The average molecular weight is 272 g/mol. The third-order valence-electron chi connectivity index (χ3n) is 3.60. The molecule has 0 saturated heterocycles. The monoisotopic (exact) mass is 272 g/mol. The minimum absolute atomic E-state index is 0.174. The number of hydrogen-bond donors (Lipinski definition) is 0. The van der Waals surface area contributed by atoms with Crippen molar-refractivity contribution in [1.29, 1.82) is 0 Å². The number of aryl methyl sites for hydroxylation is 4. The molecule has 19 heavy (non-hydrogen) atoms. The Morgan fingerprint density at radius 1 is 1.11 bits per heavy atom. The van der Waals surface area contributed by atoms with Crippen molar-refractivity contribution in [2.24, 2.45) is 0 Å². The minimum Gasteiger partial charge on any atom is -0.288 e. The van der Waals surface area contributed by atoms with Gasteiger partial charge in [-0.3, -0.25) is 4.79 Å². The largest absolute Gasteiger partial charge is 0.288 e. The standard InChI is InChI=1S/C17H20OS/c1-5-13-7-8-14(6-2)15(10-13)17(18)16-9-11(3)12(4)19-16/h7-10H,5-6H2,1-4H3. The molecule has 0 radical (unpaired) electrons. The van der Waals surface area contributed by atoms with Crippen molar-refractivity contribution in [2.45, 2.75) is 40.5 Å². The molecule has 0 N–H and O–H groups in total. The van der Waals surface area contributed by atoms with Gasteiger partial charge < -0.3 is 0 Å². The molecule has 0 amide bonds. The zero-order chi connectivity index (χ0) is 14.0. The average Bonchev–Trinajstić information content (AvgIpc) is 2.77. The van der Waals surface area contributed by atoms with Crippen LogP contribution in [0.4, 0.5) is 0 Å². The molecule has 0 aliphatic heterocycles. The first-order valence-electron chi connectivity index (χ1n) is 6.80. The van der Waals surface area contributed by atoms with Gasteiger partial charge in [-0.1, -0.05) is 26.0 Å². The van der Waals surface area contributed by atoms with Crippen molar-refractivity contribution in [3.8, 4) is 0 Å². The van der Waals surface area contributed by atoms with Crippen molar-refractivity contribution in [1.82, 2.24) is 0 Å². The van der Waals surface area contributed by atoms with Gasteiger partial charge in [0.15, 0.2) is 0 Å². The molecule has 0 bridgehead atoms. The van der Waals surface area contributed by atoms with E-state index in [1.807, 2.05) is 6.07 Å². The fourth-order valence-corrected chi connectivity index (χ4v) is 3.17. The topological polar surface area (TPSA) is 17.1 Å². The lowest BCUT2D eigenvalue weighted by Crippen LogP contribution is -2.04. The van der Waals surface area contributed by atoms with E-state index in [4.69, 9.17) is 0 Å². The Morgan fingerprint density at radius 2 is 1.84 bits per heavy atom. The van der Waals surface area contributed by atoms with E-state index in [1.54, 1.807) is 11.3 Å². The number of benzene rings is 1. The highest BCUT2D eigenvalue weighted by atomic mass is 32.1. The van der Waals surface area contributed by atoms with Crippen LogP contribution in [-0.2, 0) is 12.8 Å². The number of ketones is 1. The molecular formula is C17H20OS. The summed E-state index contributed by atoms with van der Waals surface area (Å²) in [5.74, 6) is 0.174. The summed E-state index contributed by atoms with van der Waals surface area (Å²) in [5.41, 5.74) is 4.46. The van der Waals surface area contributed by atoms with E-state index in [0.29, 0.717) is 0 Å². The molecular weight excluding hydrogens is 252 g/mol. The van der Waals surface area contributed by atoms with Gasteiger partial charge in [-0.2, -0.15) is 0 Å². The molecule has 2 heteroatoms. The van der Waals surface area contributed by atoms with Crippen LogP contribution in [-0.4, -0.2) is 5.78 Å². The van der Waals surface area contributed by atoms with Gasteiger partial charge in [-0.15, -0.1) is 11.3 Å². The lowest BCUT2D eigenvalue weighted by atomic mass is 9.97. The van der Waals surface area contributed by atoms with Gasteiger partial charge in [0.25, 0.3) is 0 Å². The van der Waals surface area contributed by atoms with Crippen molar-refractivity contribution >= 4 is 17.1 Å². The van der Waals surface area contributed by atoms with E-state index in [2.05, 4.69) is 45.9 Å². The summed E-state index contributed by atoms with van der Waals surface area (Å²) < 4.78 is 0. The predicted octanol–water partition coefficient (Wildman–Crippen LogP) is 4.72. The second-order valence-corrected chi connectivity index (χ2v) is 6.13. The van der Waals surface area contributed by atoms with Crippen LogP contribution in [0.25, 0.3) is 0 Å². The van der Waals surface area contributed by atoms with E-state index < -0.39 is 0 Å². The zero-order valence-electron chi connectivity index (χ0n) is 12.0. The van der Waals surface area contributed by atoms with E-state index in [1.165, 1.54) is 16.0 Å². The molecule has 1 aromatic carbocycles. The molecule has 1 aromatic heterocycles. The summed E-state index contributed by atoms with van der Waals surface area (Å²) in [6.45, 7) is 8.35.